The Labute approximate surface area is 107 Å². The van der Waals surface area contributed by atoms with Crippen molar-refractivity contribution in [2.45, 2.75) is 0 Å². The van der Waals surface area contributed by atoms with E-state index in [0.29, 0.717) is 21.3 Å². The van der Waals surface area contributed by atoms with Crippen LogP contribution < -0.4 is 4.74 Å². The molecule has 0 bridgehead atoms. The standard InChI is InChI=1S/C13H10BrFO2/c1-17-11-7-3-5-9(13(11)16)8-4-2-6-10(14)12(8)15/h2-7,16H,1H3. The molecule has 2 aromatic rings. The number of phenols is 1. The molecule has 17 heavy (non-hydrogen) atoms. The zero-order chi connectivity index (χ0) is 12.4. The van der Waals surface area contributed by atoms with Crippen LogP contribution in [0.25, 0.3) is 11.1 Å². The predicted molar refractivity (Wildman–Crippen MR) is 67.8 cm³/mol. The highest BCUT2D eigenvalue weighted by Gasteiger charge is 2.14. The molecule has 1 N–H and O–H groups in total. The van der Waals surface area contributed by atoms with Gasteiger partial charge in [0.1, 0.15) is 5.82 Å². The number of rotatable bonds is 2. The van der Waals surface area contributed by atoms with Crippen LogP contribution in [-0.2, 0) is 0 Å². The van der Waals surface area contributed by atoms with Gasteiger partial charge in [-0.15, -0.1) is 0 Å². The Morgan fingerprint density at radius 3 is 2.47 bits per heavy atom. The second-order valence-corrected chi connectivity index (χ2v) is 4.31. The third kappa shape index (κ3) is 2.13. The summed E-state index contributed by atoms with van der Waals surface area (Å²) in [5.74, 6) is -0.148. The summed E-state index contributed by atoms with van der Waals surface area (Å²) in [6.45, 7) is 0. The zero-order valence-electron chi connectivity index (χ0n) is 9.08. The van der Waals surface area contributed by atoms with Crippen LogP contribution in [0.2, 0.25) is 0 Å². The molecule has 0 aliphatic carbocycles. The van der Waals surface area contributed by atoms with Crippen molar-refractivity contribution in [3.8, 4) is 22.6 Å². The maximum Gasteiger partial charge on any atom is 0.165 e. The molecule has 0 heterocycles. The predicted octanol–water partition coefficient (Wildman–Crippen LogP) is 3.97. The number of para-hydroxylation sites is 1. The molecule has 0 aliphatic rings. The van der Waals surface area contributed by atoms with E-state index in [0.717, 1.165) is 0 Å². The van der Waals surface area contributed by atoms with E-state index >= 15 is 0 Å². The first-order valence-electron chi connectivity index (χ1n) is 4.95. The number of methoxy groups -OCH3 is 1. The fraction of sp³-hybridized carbons (Fsp3) is 0.0769. The lowest BCUT2D eigenvalue weighted by molar-refractivity contribution is 0.374. The molecule has 0 spiro atoms. The molecule has 2 nitrogen and oxygen atoms in total. The van der Waals surface area contributed by atoms with Crippen LogP contribution >= 0.6 is 15.9 Å². The van der Waals surface area contributed by atoms with Gasteiger partial charge in [0.05, 0.1) is 11.6 Å². The summed E-state index contributed by atoms with van der Waals surface area (Å²) in [6, 6.07) is 9.89. The Kier molecular flexibility index (Phi) is 3.33. The molecular formula is C13H10BrFO2. The third-order valence-electron chi connectivity index (χ3n) is 2.46. The van der Waals surface area contributed by atoms with Crippen molar-refractivity contribution in [1.82, 2.24) is 0 Å². The quantitative estimate of drug-likeness (QED) is 0.909. The Bertz CT molecular complexity index is 555. The van der Waals surface area contributed by atoms with E-state index in [1.54, 1.807) is 36.4 Å². The summed E-state index contributed by atoms with van der Waals surface area (Å²) >= 11 is 3.12. The van der Waals surface area contributed by atoms with E-state index in [-0.39, 0.29) is 5.75 Å². The van der Waals surface area contributed by atoms with Crippen LogP contribution in [0.5, 0.6) is 11.5 Å². The maximum atomic E-state index is 13.9. The molecule has 2 aromatic carbocycles. The Hall–Kier alpha value is -1.55. The minimum Gasteiger partial charge on any atom is -0.504 e. The van der Waals surface area contributed by atoms with E-state index in [2.05, 4.69) is 15.9 Å². The average molecular weight is 297 g/mol. The van der Waals surface area contributed by atoms with Gasteiger partial charge in [-0.2, -0.15) is 0 Å². The van der Waals surface area contributed by atoms with Gasteiger partial charge in [0.2, 0.25) is 0 Å². The van der Waals surface area contributed by atoms with Gasteiger partial charge in [-0.1, -0.05) is 24.3 Å². The maximum absolute atomic E-state index is 13.9. The van der Waals surface area contributed by atoms with E-state index in [9.17, 15) is 9.50 Å². The summed E-state index contributed by atoms with van der Waals surface area (Å²) < 4.78 is 19.3. The van der Waals surface area contributed by atoms with E-state index in [1.165, 1.54) is 7.11 Å². The molecule has 0 saturated heterocycles. The van der Waals surface area contributed by atoms with Gasteiger partial charge in [0.15, 0.2) is 11.5 Å². The van der Waals surface area contributed by atoms with Crippen LogP contribution in [0.1, 0.15) is 0 Å². The molecule has 0 fully saturated rings. The Morgan fingerprint density at radius 2 is 1.76 bits per heavy atom. The zero-order valence-corrected chi connectivity index (χ0v) is 10.7. The largest absolute Gasteiger partial charge is 0.504 e. The highest BCUT2D eigenvalue weighted by atomic mass is 79.9. The molecule has 0 unspecified atom stereocenters. The second-order valence-electron chi connectivity index (χ2n) is 3.46. The van der Waals surface area contributed by atoms with Gasteiger partial charge in [-0.3, -0.25) is 0 Å². The van der Waals surface area contributed by atoms with Gasteiger partial charge >= 0.3 is 0 Å². The third-order valence-corrected chi connectivity index (χ3v) is 3.07. The molecule has 88 valence electrons. The second kappa shape index (κ2) is 4.75. The molecule has 0 aliphatic heterocycles. The molecule has 0 radical (unpaired) electrons. The monoisotopic (exact) mass is 296 g/mol. The van der Waals surface area contributed by atoms with Gasteiger partial charge in [-0.25, -0.2) is 4.39 Å². The molecule has 0 aromatic heterocycles. The number of aromatic hydroxyl groups is 1. The van der Waals surface area contributed by atoms with Crippen molar-refractivity contribution >= 4 is 15.9 Å². The topological polar surface area (TPSA) is 29.5 Å². The number of halogens is 2. The Morgan fingerprint density at radius 1 is 1.12 bits per heavy atom. The lowest BCUT2D eigenvalue weighted by Crippen LogP contribution is -1.89. The molecule has 0 amide bonds. The van der Waals surface area contributed by atoms with E-state index < -0.39 is 5.82 Å². The fourth-order valence-electron chi connectivity index (χ4n) is 1.62. The molecule has 0 atom stereocenters. The van der Waals surface area contributed by atoms with Crippen LogP contribution in [-0.4, -0.2) is 12.2 Å². The van der Waals surface area contributed by atoms with Crippen LogP contribution in [0.3, 0.4) is 0 Å². The summed E-state index contributed by atoms with van der Waals surface area (Å²) in [4.78, 5) is 0. The van der Waals surface area contributed by atoms with Crippen molar-refractivity contribution in [2.75, 3.05) is 7.11 Å². The van der Waals surface area contributed by atoms with Gasteiger partial charge in [0.25, 0.3) is 0 Å². The number of benzene rings is 2. The number of phenolic OH excluding ortho intramolecular Hbond substituents is 1. The molecule has 2 rings (SSSR count). The average Bonchev–Trinajstić information content (AvgIpc) is 2.33. The lowest BCUT2D eigenvalue weighted by Gasteiger charge is -2.10. The normalized spacial score (nSPS) is 10.3. The first-order valence-corrected chi connectivity index (χ1v) is 5.74. The van der Waals surface area contributed by atoms with Gasteiger partial charge in [-0.05, 0) is 28.1 Å². The number of hydrogen-bond acceptors (Lipinski definition) is 2. The van der Waals surface area contributed by atoms with E-state index in [1.807, 2.05) is 0 Å². The molecule has 4 heteroatoms. The highest BCUT2D eigenvalue weighted by Crippen LogP contribution is 2.38. The minimum atomic E-state index is -0.406. The van der Waals surface area contributed by atoms with Crippen molar-refractivity contribution in [2.24, 2.45) is 0 Å². The summed E-state index contributed by atoms with van der Waals surface area (Å²) in [7, 11) is 1.45. The summed E-state index contributed by atoms with van der Waals surface area (Å²) in [5.41, 5.74) is 0.735. The number of ether oxygens (including phenoxy) is 1. The summed E-state index contributed by atoms with van der Waals surface area (Å²) in [5, 5.41) is 9.95. The molecular weight excluding hydrogens is 287 g/mol. The lowest BCUT2D eigenvalue weighted by atomic mass is 10.0. The highest BCUT2D eigenvalue weighted by molar-refractivity contribution is 9.10. The van der Waals surface area contributed by atoms with Crippen molar-refractivity contribution < 1.29 is 14.2 Å². The smallest absolute Gasteiger partial charge is 0.165 e. The first-order chi connectivity index (χ1) is 8.15. The van der Waals surface area contributed by atoms with E-state index in [4.69, 9.17) is 4.74 Å². The number of hydrogen-bond donors (Lipinski definition) is 1. The van der Waals surface area contributed by atoms with Crippen molar-refractivity contribution in [3.05, 3.63) is 46.7 Å². The summed E-state index contributed by atoms with van der Waals surface area (Å²) in [6.07, 6.45) is 0. The van der Waals surface area contributed by atoms with Crippen LogP contribution in [0.4, 0.5) is 4.39 Å². The SMILES string of the molecule is COc1cccc(-c2cccc(Br)c2F)c1O. The van der Waals surface area contributed by atoms with Crippen LogP contribution in [0, 0.1) is 5.82 Å². The van der Waals surface area contributed by atoms with Gasteiger partial charge in [0, 0.05) is 11.1 Å². The fourth-order valence-corrected chi connectivity index (χ4v) is 1.98. The molecule has 0 saturated carbocycles. The Balaban J connectivity index is 2.65. The first kappa shape index (κ1) is 11.9. The van der Waals surface area contributed by atoms with Gasteiger partial charge < -0.3 is 9.84 Å². The van der Waals surface area contributed by atoms with Crippen LogP contribution in [0.15, 0.2) is 40.9 Å². The van der Waals surface area contributed by atoms with Crippen molar-refractivity contribution in [3.63, 3.8) is 0 Å². The van der Waals surface area contributed by atoms with Crippen molar-refractivity contribution in [1.29, 1.82) is 0 Å². The minimum absolute atomic E-state index is 0.0630.